The molecule has 5 N–H and O–H groups in total. The van der Waals surface area contributed by atoms with Gasteiger partial charge in [0.15, 0.2) is 11.6 Å². The predicted molar refractivity (Wildman–Crippen MR) is 162 cm³/mol. The number of pyridine rings is 1. The third kappa shape index (κ3) is 5.27. The molecule has 2 aliphatic rings. The lowest BCUT2D eigenvalue weighted by Crippen LogP contribution is -2.48. The second-order valence-electron chi connectivity index (χ2n) is 11.0. The van der Waals surface area contributed by atoms with Gasteiger partial charge in [0.25, 0.3) is 0 Å². The highest BCUT2D eigenvalue weighted by atomic mass is 15.3. The lowest BCUT2D eigenvalue weighted by molar-refractivity contribution is 0.364. The van der Waals surface area contributed by atoms with Gasteiger partial charge in [0.2, 0.25) is 5.95 Å². The van der Waals surface area contributed by atoms with Crippen LogP contribution in [0, 0.1) is 0 Å². The average molecular weight is 537 g/mol. The van der Waals surface area contributed by atoms with Gasteiger partial charge in [-0.05, 0) is 57.2 Å². The van der Waals surface area contributed by atoms with Crippen molar-refractivity contribution in [1.82, 2.24) is 24.9 Å². The van der Waals surface area contributed by atoms with Crippen molar-refractivity contribution in [2.24, 2.45) is 5.73 Å². The minimum absolute atomic E-state index is 0.139. The summed E-state index contributed by atoms with van der Waals surface area (Å²) in [7, 11) is 0. The molecular weight excluding hydrogens is 500 g/mol. The van der Waals surface area contributed by atoms with Gasteiger partial charge in [-0.1, -0.05) is 24.8 Å². The first-order chi connectivity index (χ1) is 19.4. The molecule has 5 heterocycles. The lowest BCUT2D eigenvalue weighted by atomic mass is 9.91. The number of rotatable bonds is 6. The molecule has 0 aliphatic carbocycles. The van der Waals surface area contributed by atoms with Crippen LogP contribution in [-0.2, 0) is 0 Å². The summed E-state index contributed by atoms with van der Waals surface area (Å²) in [5.41, 5.74) is 16.7. The Morgan fingerprint density at radius 3 is 2.50 bits per heavy atom. The molecule has 0 atom stereocenters. The van der Waals surface area contributed by atoms with E-state index in [1.807, 2.05) is 30.3 Å². The van der Waals surface area contributed by atoms with E-state index in [1.54, 1.807) is 12.4 Å². The standard InChI is InChI=1S/C30H36N10/c1-20(35-28-24(11-8-14-33-28)39-17-12-30(2,32)13-18-39)25-27(31)34-19-23(36-25)26-21-9-4-5-10-22(21)37-29(38-26)40-15-6-3-7-16-40/h4-5,8-11,14,19H,1,3,6-7,12-13,15-18,32H2,2H3,(H2,31,34)(H,33,35). The second kappa shape index (κ2) is 10.7. The quantitative estimate of drug-likeness (QED) is 0.324. The monoisotopic (exact) mass is 536 g/mol. The number of nitrogens with zero attached hydrogens (tertiary/aromatic N) is 7. The van der Waals surface area contributed by atoms with Gasteiger partial charge in [0.1, 0.15) is 17.1 Å². The van der Waals surface area contributed by atoms with Crippen molar-refractivity contribution in [2.75, 3.05) is 47.0 Å². The Hall–Kier alpha value is -4.31. The van der Waals surface area contributed by atoms with Crippen LogP contribution in [0.5, 0.6) is 0 Å². The Bertz CT molecular complexity index is 1530. The first kappa shape index (κ1) is 25.9. The Labute approximate surface area is 234 Å². The average Bonchev–Trinajstić information content (AvgIpc) is 2.98. The van der Waals surface area contributed by atoms with E-state index in [0.29, 0.717) is 22.9 Å². The summed E-state index contributed by atoms with van der Waals surface area (Å²) in [5.74, 6) is 1.70. The number of hydrogen-bond acceptors (Lipinski definition) is 10. The van der Waals surface area contributed by atoms with E-state index >= 15 is 0 Å². The lowest BCUT2D eigenvalue weighted by Gasteiger charge is -2.38. The van der Waals surface area contributed by atoms with Crippen molar-refractivity contribution in [3.8, 4) is 11.4 Å². The van der Waals surface area contributed by atoms with Gasteiger partial charge in [-0.3, -0.25) is 0 Å². The van der Waals surface area contributed by atoms with Crippen LogP contribution in [0.25, 0.3) is 28.0 Å². The molecule has 40 heavy (non-hydrogen) atoms. The highest BCUT2D eigenvalue weighted by Crippen LogP contribution is 2.33. The third-order valence-corrected chi connectivity index (χ3v) is 7.86. The van der Waals surface area contributed by atoms with Crippen molar-refractivity contribution in [3.05, 3.63) is 61.1 Å². The molecule has 0 amide bonds. The Morgan fingerprint density at radius 2 is 1.70 bits per heavy atom. The van der Waals surface area contributed by atoms with Crippen LogP contribution in [0.4, 0.5) is 23.3 Å². The molecule has 0 unspecified atom stereocenters. The van der Waals surface area contributed by atoms with Crippen molar-refractivity contribution in [3.63, 3.8) is 0 Å². The number of aromatic nitrogens is 5. The van der Waals surface area contributed by atoms with E-state index in [2.05, 4.69) is 44.7 Å². The maximum absolute atomic E-state index is 6.37. The zero-order chi connectivity index (χ0) is 27.7. The number of hydrogen-bond donors (Lipinski definition) is 3. The molecule has 6 rings (SSSR count). The van der Waals surface area contributed by atoms with E-state index < -0.39 is 0 Å². The van der Waals surface area contributed by atoms with E-state index in [9.17, 15) is 0 Å². The molecule has 10 heteroatoms. The summed E-state index contributed by atoms with van der Waals surface area (Å²) >= 11 is 0. The Kier molecular flexibility index (Phi) is 6.93. The summed E-state index contributed by atoms with van der Waals surface area (Å²) in [6.45, 7) is 9.99. The van der Waals surface area contributed by atoms with E-state index in [4.69, 9.17) is 26.4 Å². The number of nitrogens with one attached hydrogen (secondary N) is 1. The normalized spacial score (nSPS) is 17.1. The van der Waals surface area contributed by atoms with E-state index in [0.717, 1.165) is 80.1 Å². The van der Waals surface area contributed by atoms with Crippen molar-refractivity contribution < 1.29 is 0 Å². The van der Waals surface area contributed by atoms with Gasteiger partial charge >= 0.3 is 0 Å². The number of nitrogen functional groups attached to an aromatic ring is 1. The van der Waals surface area contributed by atoms with Crippen LogP contribution in [0.2, 0.25) is 0 Å². The number of anilines is 4. The number of para-hydroxylation sites is 1. The van der Waals surface area contributed by atoms with Gasteiger partial charge in [-0.15, -0.1) is 0 Å². The zero-order valence-corrected chi connectivity index (χ0v) is 23.0. The topological polar surface area (TPSA) is 135 Å². The summed E-state index contributed by atoms with van der Waals surface area (Å²) in [4.78, 5) is 28.4. The van der Waals surface area contributed by atoms with E-state index in [-0.39, 0.29) is 11.4 Å². The Morgan fingerprint density at radius 1 is 0.925 bits per heavy atom. The summed E-state index contributed by atoms with van der Waals surface area (Å²) in [6, 6.07) is 12.0. The van der Waals surface area contributed by atoms with Crippen molar-refractivity contribution >= 4 is 39.9 Å². The van der Waals surface area contributed by atoms with Gasteiger partial charge < -0.3 is 26.6 Å². The van der Waals surface area contributed by atoms with Crippen LogP contribution < -0.4 is 26.6 Å². The van der Waals surface area contributed by atoms with Crippen LogP contribution in [0.3, 0.4) is 0 Å². The van der Waals surface area contributed by atoms with Crippen LogP contribution in [0.1, 0.15) is 44.7 Å². The predicted octanol–water partition coefficient (Wildman–Crippen LogP) is 4.45. The molecule has 2 fully saturated rings. The fraction of sp³-hybridized carbons (Fsp3) is 0.367. The molecule has 0 radical (unpaired) electrons. The molecule has 0 saturated carbocycles. The maximum Gasteiger partial charge on any atom is 0.226 e. The summed E-state index contributed by atoms with van der Waals surface area (Å²) in [6.07, 6.45) is 8.77. The molecule has 4 aromatic rings. The highest BCUT2D eigenvalue weighted by molar-refractivity contribution is 5.93. The number of fused-ring (bicyclic) bond motifs is 1. The van der Waals surface area contributed by atoms with Crippen molar-refractivity contribution in [1.29, 1.82) is 0 Å². The van der Waals surface area contributed by atoms with Crippen LogP contribution >= 0.6 is 0 Å². The summed E-state index contributed by atoms with van der Waals surface area (Å²) < 4.78 is 0. The molecular formula is C30H36N10. The first-order valence-corrected chi connectivity index (χ1v) is 14.0. The number of nitrogens with two attached hydrogens (primary N) is 2. The second-order valence-corrected chi connectivity index (χ2v) is 11.0. The van der Waals surface area contributed by atoms with Gasteiger partial charge in [0.05, 0.1) is 23.1 Å². The molecule has 0 spiro atoms. The van der Waals surface area contributed by atoms with Gasteiger partial charge in [-0.2, -0.15) is 0 Å². The molecule has 2 saturated heterocycles. The zero-order valence-electron chi connectivity index (χ0n) is 23.0. The maximum atomic E-state index is 6.37. The number of piperidine rings is 2. The van der Waals surface area contributed by atoms with Gasteiger partial charge in [-0.25, -0.2) is 24.9 Å². The molecule has 2 aliphatic heterocycles. The minimum atomic E-state index is -0.139. The molecule has 10 nitrogen and oxygen atoms in total. The SMILES string of the molecule is C=C(Nc1ncccc1N1CCC(C)(N)CC1)c1nc(-c2nc(N3CCCCC3)nc3ccccc23)cnc1N. The smallest absolute Gasteiger partial charge is 0.226 e. The highest BCUT2D eigenvalue weighted by Gasteiger charge is 2.27. The molecule has 1 aromatic carbocycles. The Balaban J connectivity index is 1.33. The van der Waals surface area contributed by atoms with Crippen molar-refractivity contribution in [2.45, 2.75) is 44.6 Å². The van der Waals surface area contributed by atoms with E-state index in [1.165, 1.54) is 6.42 Å². The van der Waals surface area contributed by atoms with Crippen LogP contribution in [0.15, 0.2) is 55.4 Å². The molecule has 0 bridgehead atoms. The third-order valence-electron chi connectivity index (χ3n) is 7.86. The van der Waals surface area contributed by atoms with Crippen LogP contribution in [-0.4, -0.2) is 56.6 Å². The first-order valence-electron chi connectivity index (χ1n) is 14.0. The molecule has 206 valence electrons. The minimum Gasteiger partial charge on any atom is -0.382 e. The number of benzene rings is 1. The molecule has 3 aromatic heterocycles. The largest absolute Gasteiger partial charge is 0.382 e. The van der Waals surface area contributed by atoms with Gasteiger partial charge in [0, 0.05) is 43.3 Å². The fourth-order valence-electron chi connectivity index (χ4n) is 5.44. The summed E-state index contributed by atoms with van der Waals surface area (Å²) in [5, 5.41) is 4.28. The fourth-order valence-corrected chi connectivity index (χ4v) is 5.44.